The van der Waals surface area contributed by atoms with Crippen molar-refractivity contribution in [3.63, 3.8) is 0 Å². The minimum atomic E-state index is -2.74. The summed E-state index contributed by atoms with van der Waals surface area (Å²) in [5.74, 6) is -5.02. The first-order valence-electron chi connectivity index (χ1n) is 11.8. The molecule has 4 N–H and O–H groups in total. The van der Waals surface area contributed by atoms with Crippen LogP contribution >= 0.6 is 7.26 Å². The van der Waals surface area contributed by atoms with Crippen LogP contribution in [-0.2, 0) is 14.4 Å². The quantitative estimate of drug-likeness (QED) is 0.244. The van der Waals surface area contributed by atoms with E-state index in [-0.39, 0.29) is 0 Å². The molecule has 0 unspecified atom stereocenters. The number of carbonyl (C=O) groups is 3. The SMILES string of the molecule is O=C(O)CC(O)(CC(=O)O)C(=O)O.c1ccc([PH](c2ccccc2)(c2ccccc2)c2ccccc2)cc1. The molecule has 0 aliphatic carbocycles. The molecule has 4 aromatic carbocycles. The molecular formula is C30H29O7P. The van der Waals surface area contributed by atoms with Gasteiger partial charge in [0.15, 0.2) is 5.60 Å². The first-order valence-corrected chi connectivity index (χ1v) is 13.8. The van der Waals surface area contributed by atoms with Crippen LogP contribution in [0, 0.1) is 0 Å². The maximum atomic E-state index is 10.3. The predicted molar refractivity (Wildman–Crippen MR) is 150 cm³/mol. The van der Waals surface area contributed by atoms with Crippen LogP contribution < -0.4 is 21.2 Å². The van der Waals surface area contributed by atoms with E-state index >= 15 is 0 Å². The molecule has 196 valence electrons. The second kappa shape index (κ2) is 12.8. The monoisotopic (exact) mass is 532 g/mol. The predicted octanol–water partition coefficient (Wildman–Crippen LogP) is 2.79. The third kappa shape index (κ3) is 6.51. The van der Waals surface area contributed by atoms with Crippen molar-refractivity contribution in [3.05, 3.63) is 121 Å². The Balaban J connectivity index is 0.000000263. The first-order chi connectivity index (χ1) is 18.2. The van der Waals surface area contributed by atoms with Crippen molar-refractivity contribution in [2.24, 2.45) is 0 Å². The Morgan fingerprint density at radius 2 is 0.737 bits per heavy atom. The second-order valence-electron chi connectivity index (χ2n) is 8.69. The summed E-state index contributed by atoms with van der Waals surface area (Å²) in [6.07, 6.45) is -2.29. The standard InChI is InChI=1S/C24H21P.C6H8O7/c1-5-13-21(14-6-1)25(22-15-7-2-8-16-22,23-17-9-3-10-18-23)24-19-11-4-12-20-24;7-3(8)1-6(13,5(11)12)2-4(9)10/h1-20,25H;13H,1-2H2,(H,7,8)(H,9,10)(H,11,12). The van der Waals surface area contributed by atoms with Gasteiger partial charge in [0.1, 0.15) is 0 Å². The summed E-state index contributed by atoms with van der Waals surface area (Å²) in [4.78, 5) is 30.5. The zero-order chi connectivity index (χ0) is 27.6. The molecule has 0 bridgehead atoms. The maximum absolute atomic E-state index is 10.3. The molecule has 4 rings (SSSR count). The third-order valence-corrected chi connectivity index (χ3v) is 10.9. The molecule has 7 nitrogen and oxygen atoms in total. The number of hydrogen-bond donors (Lipinski definition) is 4. The molecule has 0 radical (unpaired) electrons. The van der Waals surface area contributed by atoms with E-state index in [9.17, 15) is 14.4 Å². The Morgan fingerprint density at radius 1 is 0.500 bits per heavy atom. The summed E-state index contributed by atoms with van der Waals surface area (Å²) in [7, 11) is -2.30. The van der Waals surface area contributed by atoms with E-state index in [0.29, 0.717) is 0 Å². The van der Waals surface area contributed by atoms with Crippen LogP contribution in [0.25, 0.3) is 0 Å². The molecule has 0 spiro atoms. The van der Waals surface area contributed by atoms with Crippen LogP contribution in [0.5, 0.6) is 0 Å². The van der Waals surface area contributed by atoms with Crippen molar-refractivity contribution in [2.45, 2.75) is 18.4 Å². The van der Waals surface area contributed by atoms with E-state index < -0.39 is 43.6 Å². The third-order valence-electron chi connectivity index (χ3n) is 6.11. The zero-order valence-corrected chi connectivity index (χ0v) is 21.5. The summed E-state index contributed by atoms with van der Waals surface area (Å²) >= 11 is 0. The van der Waals surface area contributed by atoms with Gasteiger partial charge >= 0.3 is 168 Å². The van der Waals surface area contributed by atoms with Crippen LogP contribution in [0.4, 0.5) is 0 Å². The average Bonchev–Trinajstić information content (AvgIpc) is 2.91. The Morgan fingerprint density at radius 3 is 0.921 bits per heavy atom. The van der Waals surface area contributed by atoms with Gasteiger partial charge in [0.05, 0.1) is 12.8 Å². The molecule has 0 amide bonds. The molecule has 0 aliphatic rings. The van der Waals surface area contributed by atoms with Gasteiger partial charge in [-0.1, -0.05) is 0 Å². The van der Waals surface area contributed by atoms with Gasteiger partial charge in [-0.2, -0.15) is 0 Å². The van der Waals surface area contributed by atoms with Crippen molar-refractivity contribution in [2.75, 3.05) is 0 Å². The minimum absolute atomic E-state index is 1.14. The number of aliphatic carboxylic acids is 3. The fourth-order valence-corrected chi connectivity index (χ4v) is 9.24. The Bertz CT molecular complexity index is 1170. The van der Waals surface area contributed by atoms with Crippen molar-refractivity contribution in [1.82, 2.24) is 0 Å². The second-order valence-corrected chi connectivity index (χ2v) is 12.5. The van der Waals surface area contributed by atoms with Gasteiger partial charge in [0.2, 0.25) is 0 Å². The van der Waals surface area contributed by atoms with E-state index in [1.165, 1.54) is 21.2 Å². The number of carboxylic acids is 3. The fourth-order valence-electron chi connectivity index (χ4n) is 4.47. The van der Waals surface area contributed by atoms with Crippen LogP contribution in [-0.4, -0.2) is 43.9 Å². The normalized spacial score (nSPS) is 11.5. The number of rotatable bonds is 9. The Labute approximate surface area is 221 Å². The first kappa shape index (κ1) is 28.3. The summed E-state index contributed by atoms with van der Waals surface area (Å²) in [6, 6.07) is 44.0. The van der Waals surface area contributed by atoms with Crippen LogP contribution in [0.3, 0.4) is 0 Å². The fraction of sp³-hybridized carbons (Fsp3) is 0.100. The molecular weight excluding hydrogens is 503 g/mol. The zero-order valence-electron chi connectivity index (χ0n) is 20.5. The number of hydrogen-bond acceptors (Lipinski definition) is 4. The van der Waals surface area contributed by atoms with Gasteiger partial charge in [-0.3, -0.25) is 9.59 Å². The molecule has 0 saturated carbocycles. The molecule has 0 aliphatic heterocycles. The van der Waals surface area contributed by atoms with E-state index in [2.05, 4.69) is 121 Å². The van der Waals surface area contributed by atoms with E-state index in [4.69, 9.17) is 20.4 Å². The molecule has 4 aromatic rings. The van der Waals surface area contributed by atoms with Crippen molar-refractivity contribution < 1.29 is 34.8 Å². The van der Waals surface area contributed by atoms with Crippen molar-refractivity contribution >= 4 is 46.4 Å². The topological polar surface area (TPSA) is 132 Å². The molecule has 0 fully saturated rings. The van der Waals surface area contributed by atoms with Crippen LogP contribution in [0.2, 0.25) is 0 Å². The summed E-state index contributed by atoms with van der Waals surface area (Å²) < 4.78 is 0. The van der Waals surface area contributed by atoms with E-state index in [0.717, 1.165) is 0 Å². The summed E-state index contributed by atoms with van der Waals surface area (Å²) in [5.41, 5.74) is -2.74. The summed E-state index contributed by atoms with van der Waals surface area (Å²) in [5, 5.41) is 39.5. The van der Waals surface area contributed by atoms with Gasteiger partial charge in [-0.15, -0.1) is 0 Å². The van der Waals surface area contributed by atoms with Gasteiger partial charge in [-0.05, 0) is 0 Å². The number of benzene rings is 4. The van der Waals surface area contributed by atoms with Crippen molar-refractivity contribution in [3.8, 4) is 0 Å². The Kier molecular flexibility index (Phi) is 9.49. The summed E-state index contributed by atoms with van der Waals surface area (Å²) in [6.45, 7) is 0. The van der Waals surface area contributed by atoms with E-state index in [1.54, 1.807) is 0 Å². The van der Waals surface area contributed by atoms with Gasteiger partial charge in [-0.25, -0.2) is 4.79 Å². The molecule has 0 atom stereocenters. The number of aliphatic hydroxyl groups is 1. The van der Waals surface area contributed by atoms with Gasteiger partial charge in [0.25, 0.3) is 0 Å². The van der Waals surface area contributed by atoms with E-state index in [1.807, 2.05) is 0 Å². The molecule has 0 saturated heterocycles. The van der Waals surface area contributed by atoms with Crippen LogP contribution in [0.15, 0.2) is 121 Å². The molecule has 38 heavy (non-hydrogen) atoms. The van der Waals surface area contributed by atoms with Gasteiger partial charge < -0.3 is 20.4 Å². The molecule has 0 aromatic heterocycles. The average molecular weight is 533 g/mol. The Hall–Kier alpha value is -4.32. The molecule has 0 heterocycles. The van der Waals surface area contributed by atoms with Crippen LogP contribution in [0.1, 0.15) is 12.8 Å². The van der Waals surface area contributed by atoms with Crippen molar-refractivity contribution in [1.29, 1.82) is 0 Å². The van der Waals surface area contributed by atoms with Gasteiger partial charge in [0, 0.05) is 0 Å². The molecule has 8 heteroatoms. The number of carboxylic acid groups (broad SMARTS) is 3.